The highest BCUT2D eigenvalue weighted by Crippen LogP contribution is 2.23. The van der Waals surface area contributed by atoms with Crippen LogP contribution in [0.15, 0.2) is 48.5 Å². The van der Waals surface area contributed by atoms with Crippen molar-refractivity contribution in [3.05, 3.63) is 54.1 Å². The van der Waals surface area contributed by atoms with E-state index < -0.39 is 0 Å². The highest BCUT2D eigenvalue weighted by atomic mass is 32.1. The molecule has 0 aromatic heterocycles. The van der Waals surface area contributed by atoms with E-state index in [0.29, 0.717) is 5.11 Å². The van der Waals surface area contributed by atoms with E-state index in [0.717, 1.165) is 43.2 Å². The van der Waals surface area contributed by atoms with Crippen molar-refractivity contribution >= 4 is 23.0 Å². The molecule has 0 bridgehead atoms. The summed E-state index contributed by atoms with van der Waals surface area (Å²) >= 11 is 5.31. The number of rotatable bonds is 5. The summed E-state index contributed by atoms with van der Waals surface area (Å²) in [5, 5.41) is 6.98. The molecular weight excluding hydrogens is 320 g/mol. The van der Waals surface area contributed by atoms with Gasteiger partial charge in [0.2, 0.25) is 0 Å². The quantitative estimate of drug-likeness (QED) is 0.795. The summed E-state index contributed by atoms with van der Waals surface area (Å²) in [5.41, 5.74) is 2.10. The third kappa shape index (κ3) is 4.94. The molecule has 0 radical (unpaired) electrons. The molecule has 4 nitrogen and oxygen atoms in total. The molecule has 0 aliphatic carbocycles. The second-order valence-electron chi connectivity index (χ2n) is 5.91. The highest BCUT2D eigenvalue weighted by Gasteiger charge is 2.15. The first-order valence-electron chi connectivity index (χ1n) is 8.20. The van der Waals surface area contributed by atoms with Gasteiger partial charge < -0.3 is 20.1 Å². The van der Waals surface area contributed by atoms with Gasteiger partial charge in [-0.05, 0) is 73.9 Å². The van der Waals surface area contributed by atoms with Gasteiger partial charge in [-0.25, -0.2) is 0 Å². The number of anilines is 1. The normalized spacial score (nSPS) is 16.6. The average molecular weight is 342 g/mol. The molecular formula is C19H22N2O2S. The van der Waals surface area contributed by atoms with E-state index in [1.54, 1.807) is 0 Å². The topological polar surface area (TPSA) is 42.5 Å². The predicted molar refractivity (Wildman–Crippen MR) is 101 cm³/mol. The van der Waals surface area contributed by atoms with Crippen LogP contribution in [0.1, 0.15) is 18.4 Å². The van der Waals surface area contributed by atoms with E-state index in [1.807, 2.05) is 55.5 Å². The molecule has 0 unspecified atom stereocenters. The van der Waals surface area contributed by atoms with Crippen LogP contribution in [0.3, 0.4) is 0 Å². The molecule has 1 aliphatic rings. The summed E-state index contributed by atoms with van der Waals surface area (Å²) < 4.78 is 11.4. The van der Waals surface area contributed by atoms with Crippen LogP contribution in [-0.2, 0) is 4.74 Å². The second-order valence-corrected chi connectivity index (χ2v) is 6.32. The lowest BCUT2D eigenvalue weighted by Crippen LogP contribution is -2.34. The molecule has 2 aromatic rings. The number of thiocarbonyl (C=S) groups is 1. The van der Waals surface area contributed by atoms with E-state index in [-0.39, 0.29) is 6.10 Å². The number of hydrogen-bond acceptors (Lipinski definition) is 3. The molecule has 1 fully saturated rings. The van der Waals surface area contributed by atoms with Crippen LogP contribution in [0, 0.1) is 6.92 Å². The molecule has 5 heteroatoms. The fourth-order valence-corrected chi connectivity index (χ4v) is 2.81. The van der Waals surface area contributed by atoms with Crippen molar-refractivity contribution in [3.8, 4) is 11.5 Å². The molecule has 2 aromatic carbocycles. The summed E-state index contributed by atoms with van der Waals surface area (Å²) in [6, 6.07) is 15.7. The Kier molecular flexibility index (Phi) is 5.67. The third-order valence-electron chi connectivity index (χ3n) is 3.85. The Morgan fingerprint density at radius 2 is 2.04 bits per heavy atom. The minimum absolute atomic E-state index is 0.273. The van der Waals surface area contributed by atoms with Crippen LogP contribution in [-0.4, -0.2) is 24.4 Å². The SMILES string of the molecule is Cc1cccc(Oc2ccc(NC(=S)NC[C@H]3CCCO3)cc2)c1. The lowest BCUT2D eigenvalue weighted by Gasteiger charge is -2.14. The van der Waals surface area contributed by atoms with Gasteiger partial charge in [-0.2, -0.15) is 0 Å². The molecule has 0 amide bonds. The molecule has 1 atom stereocenters. The van der Waals surface area contributed by atoms with Crippen molar-refractivity contribution in [1.82, 2.24) is 5.32 Å². The fourth-order valence-electron chi connectivity index (χ4n) is 2.61. The minimum Gasteiger partial charge on any atom is -0.457 e. The maximum atomic E-state index is 5.84. The summed E-state index contributed by atoms with van der Waals surface area (Å²) in [5.74, 6) is 1.63. The van der Waals surface area contributed by atoms with Gasteiger partial charge in [0, 0.05) is 18.8 Å². The van der Waals surface area contributed by atoms with E-state index >= 15 is 0 Å². The molecule has 24 heavy (non-hydrogen) atoms. The van der Waals surface area contributed by atoms with Gasteiger partial charge in [-0.1, -0.05) is 12.1 Å². The van der Waals surface area contributed by atoms with Crippen LogP contribution >= 0.6 is 12.2 Å². The average Bonchev–Trinajstić information content (AvgIpc) is 3.08. The first-order chi connectivity index (χ1) is 11.7. The Hall–Kier alpha value is -2.11. The highest BCUT2D eigenvalue weighted by molar-refractivity contribution is 7.80. The minimum atomic E-state index is 0.273. The van der Waals surface area contributed by atoms with Crippen LogP contribution < -0.4 is 15.4 Å². The Morgan fingerprint density at radius 1 is 1.21 bits per heavy atom. The van der Waals surface area contributed by atoms with Gasteiger partial charge in [0.05, 0.1) is 6.10 Å². The van der Waals surface area contributed by atoms with Crippen LogP contribution in [0.2, 0.25) is 0 Å². The summed E-state index contributed by atoms with van der Waals surface area (Å²) in [4.78, 5) is 0. The standard InChI is InChI=1S/C19H22N2O2S/c1-14-4-2-5-17(12-14)23-16-9-7-15(8-10-16)21-19(24)20-13-18-6-3-11-22-18/h2,4-5,7-10,12,18H,3,6,11,13H2,1H3,(H2,20,21,24)/t18-/m1/s1. The smallest absolute Gasteiger partial charge is 0.170 e. The Labute approximate surface area is 148 Å². The summed E-state index contributed by atoms with van der Waals surface area (Å²) in [6.07, 6.45) is 2.50. The van der Waals surface area contributed by atoms with Crippen molar-refractivity contribution in [1.29, 1.82) is 0 Å². The number of benzene rings is 2. The molecule has 1 heterocycles. The second kappa shape index (κ2) is 8.13. The predicted octanol–water partition coefficient (Wildman–Crippen LogP) is 4.25. The number of aryl methyl sites for hydroxylation is 1. The molecule has 1 saturated heterocycles. The van der Waals surface area contributed by atoms with E-state index in [9.17, 15) is 0 Å². The van der Waals surface area contributed by atoms with Crippen molar-refractivity contribution in [2.24, 2.45) is 0 Å². The summed E-state index contributed by atoms with van der Waals surface area (Å²) in [7, 11) is 0. The van der Waals surface area contributed by atoms with Gasteiger partial charge in [-0.15, -0.1) is 0 Å². The Balaban J connectivity index is 1.49. The Morgan fingerprint density at radius 3 is 2.75 bits per heavy atom. The van der Waals surface area contributed by atoms with Gasteiger partial charge in [0.25, 0.3) is 0 Å². The maximum Gasteiger partial charge on any atom is 0.170 e. The molecule has 3 rings (SSSR count). The van der Waals surface area contributed by atoms with Gasteiger partial charge in [-0.3, -0.25) is 0 Å². The molecule has 0 saturated carbocycles. The third-order valence-corrected chi connectivity index (χ3v) is 4.10. The zero-order chi connectivity index (χ0) is 16.8. The molecule has 126 valence electrons. The van der Waals surface area contributed by atoms with Crippen LogP contribution in [0.5, 0.6) is 11.5 Å². The molecule has 0 spiro atoms. The van der Waals surface area contributed by atoms with Gasteiger partial charge >= 0.3 is 0 Å². The number of ether oxygens (including phenoxy) is 2. The first-order valence-corrected chi connectivity index (χ1v) is 8.61. The number of nitrogens with one attached hydrogen (secondary N) is 2. The lowest BCUT2D eigenvalue weighted by atomic mass is 10.2. The van der Waals surface area contributed by atoms with Gasteiger partial charge in [0.1, 0.15) is 11.5 Å². The lowest BCUT2D eigenvalue weighted by molar-refractivity contribution is 0.114. The Bertz CT molecular complexity index is 682. The van der Waals surface area contributed by atoms with Crippen LogP contribution in [0.4, 0.5) is 5.69 Å². The van der Waals surface area contributed by atoms with Crippen molar-refractivity contribution in [2.45, 2.75) is 25.9 Å². The van der Waals surface area contributed by atoms with E-state index in [1.165, 1.54) is 5.56 Å². The monoisotopic (exact) mass is 342 g/mol. The van der Waals surface area contributed by atoms with E-state index in [2.05, 4.69) is 10.6 Å². The fraction of sp³-hybridized carbons (Fsp3) is 0.316. The van der Waals surface area contributed by atoms with E-state index in [4.69, 9.17) is 21.7 Å². The van der Waals surface area contributed by atoms with Crippen molar-refractivity contribution in [2.75, 3.05) is 18.5 Å². The van der Waals surface area contributed by atoms with Gasteiger partial charge in [0.15, 0.2) is 5.11 Å². The van der Waals surface area contributed by atoms with Crippen molar-refractivity contribution in [3.63, 3.8) is 0 Å². The largest absolute Gasteiger partial charge is 0.457 e. The first kappa shape index (κ1) is 16.7. The summed E-state index contributed by atoms with van der Waals surface area (Å²) in [6.45, 7) is 3.65. The zero-order valence-electron chi connectivity index (χ0n) is 13.7. The van der Waals surface area contributed by atoms with Crippen LogP contribution in [0.25, 0.3) is 0 Å². The zero-order valence-corrected chi connectivity index (χ0v) is 14.6. The molecule has 1 aliphatic heterocycles. The number of hydrogen-bond donors (Lipinski definition) is 2. The molecule has 2 N–H and O–H groups in total. The van der Waals surface area contributed by atoms with Crippen molar-refractivity contribution < 1.29 is 9.47 Å². The maximum absolute atomic E-state index is 5.84.